The number of H-pyrrole nitrogens is 1. The first-order valence-electron chi connectivity index (χ1n) is 9.75. The fourth-order valence-electron chi connectivity index (χ4n) is 4.21. The molecule has 27 heavy (non-hydrogen) atoms. The second-order valence-corrected chi connectivity index (χ2v) is 7.94. The number of nitrogens with one attached hydrogen (secondary N) is 2. The largest absolute Gasteiger partial charge is 0.356 e. The molecule has 3 aromatic rings. The maximum Gasteiger partial charge on any atom is 0.243 e. The Labute approximate surface area is 158 Å². The lowest BCUT2D eigenvalue weighted by atomic mass is 9.91. The molecule has 4 rings (SSSR count). The number of benzene rings is 1. The van der Waals surface area contributed by atoms with Crippen molar-refractivity contribution in [2.75, 3.05) is 0 Å². The molecular formula is C22H26FN3O. The Bertz CT molecular complexity index is 942. The van der Waals surface area contributed by atoms with Crippen LogP contribution in [0.15, 0.2) is 42.7 Å². The standard InChI is InChI=1S/C22H26FN3O/c1-14(2)12-20(26-10-3-4-11-26)22(27)25-19-7-5-6-16-17-13-15(23)8-9-18(17)24-21(16)19/h3-4,8-11,13-14,19-20,24H,5-7,12H2,1-2H3,(H,25,27)/t19?,20-/m1/s1. The van der Waals surface area contributed by atoms with Crippen LogP contribution in [0.3, 0.4) is 0 Å². The van der Waals surface area contributed by atoms with Gasteiger partial charge in [0.1, 0.15) is 11.9 Å². The highest BCUT2D eigenvalue weighted by Gasteiger charge is 2.29. The van der Waals surface area contributed by atoms with Crippen LogP contribution in [-0.4, -0.2) is 15.5 Å². The summed E-state index contributed by atoms with van der Waals surface area (Å²) in [6.07, 6.45) is 7.49. The molecule has 0 saturated heterocycles. The number of amides is 1. The third-order valence-corrected chi connectivity index (χ3v) is 5.47. The highest BCUT2D eigenvalue weighted by Crippen LogP contribution is 2.35. The molecule has 2 atom stereocenters. The summed E-state index contributed by atoms with van der Waals surface area (Å²) >= 11 is 0. The maximum atomic E-state index is 13.7. The molecule has 2 aromatic heterocycles. The Kier molecular flexibility index (Phi) is 4.77. The smallest absolute Gasteiger partial charge is 0.243 e. The Morgan fingerprint density at radius 3 is 2.85 bits per heavy atom. The fourth-order valence-corrected chi connectivity index (χ4v) is 4.21. The molecule has 0 bridgehead atoms. The second-order valence-electron chi connectivity index (χ2n) is 7.94. The predicted octanol–water partition coefficient (Wildman–Crippen LogP) is 4.89. The minimum absolute atomic E-state index is 0.0441. The van der Waals surface area contributed by atoms with E-state index in [4.69, 9.17) is 0 Å². The van der Waals surface area contributed by atoms with Crippen molar-refractivity contribution in [2.24, 2.45) is 5.92 Å². The van der Waals surface area contributed by atoms with Crippen molar-refractivity contribution in [3.05, 3.63) is 59.8 Å². The van der Waals surface area contributed by atoms with Gasteiger partial charge in [-0.1, -0.05) is 13.8 Å². The van der Waals surface area contributed by atoms with Gasteiger partial charge in [-0.05, 0) is 67.5 Å². The zero-order valence-corrected chi connectivity index (χ0v) is 15.8. The van der Waals surface area contributed by atoms with E-state index in [1.54, 1.807) is 12.1 Å². The van der Waals surface area contributed by atoms with E-state index in [1.807, 2.05) is 29.1 Å². The molecule has 2 heterocycles. The van der Waals surface area contributed by atoms with Crippen molar-refractivity contribution < 1.29 is 9.18 Å². The SMILES string of the molecule is CC(C)C[C@H](C(=O)NC1CCCc2c1[nH]c1ccc(F)cc21)n1cccc1. The molecule has 0 saturated carbocycles. The number of aryl methyl sites for hydroxylation is 1. The predicted molar refractivity (Wildman–Crippen MR) is 105 cm³/mol. The zero-order chi connectivity index (χ0) is 19.0. The van der Waals surface area contributed by atoms with Crippen molar-refractivity contribution >= 4 is 16.8 Å². The van der Waals surface area contributed by atoms with Crippen LogP contribution in [0.25, 0.3) is 10.9 Å². The number of carbonyl (C=O) groups is 1. The Morgan fingerprint density at radius 1 is 1.33 bits per heavy atom. The molecule has 0 spiro atoms. The van der Waals surface area contributed by atoms with Crippen LogP contribution in [0.4, 0.5) is 4.39 Å². The van der Waals surface area contributed by atoms with Crippen LogP contribution in [0.1, 0.15) is 56.5 Å². The number of fused-ring (bicyclic) bond motifs is 3. The van der Waals surface area contributed by atoms with Crippen LogP contribution in [-0.2, 0) is 11.2 Å². The third kappa shape index (κ3) is 3.51. The minimum Gasteiger partial charge on any atom is -0.356 e. The lowest BCUT2D eigenvalue weighted by Crippen LogP contribution is -2.37. The lowest BCUT2D eigenvalue weighted by Gasteiger charge is -2.27. The first kappa shape index (κ1) is 17.8. The van der Waals surface area contributed by atoms with Gasteiger partial charge >= 0.3 is 0 Å². The summed E-state index contributed by atoms with van der Waals surface area (Å²) in [4.78, 5) is 16.5. The molecule has 142 valence electrons. The average molecular weight is 367 g/mol. The molecule has 0 radical (unpaired) electrons. The lowest BCUT2D eigenvalue weighted by molar-refractivity contribution is -0.125. The second kappa shape index (κ2) is 7.22. The molecule has 1 amide bonds. The summed E-state index contributed by atoms with van der Waals surface area (Å²) in [6.45, 7) is 4.27. The van der Waals surface area contributed by atoms with Crippen LogP contribution >= 0.6 is 0 Å². The maximum absolute atomic E-state index is 13.7. The van der Waals surface area contributed by atoms with E-state index in [0.717, 1.165) is 47.8 Å². The highest BCUT2D eigenvalue weighted by atomic mass is 19.1. The van der Waals surface area contributed by atoms with Crippen molar-refractivity contribution in [1.82, 2.24) is 14.9 Å². The first-order valence-corrected chi connectivity index (χ1v) is 9.75. The number of nitrogens with zero attached hydrogens (tertiary/aromatic N) is 1. The van der Waals surface area contributed by atoms with Gasteiger partial charge in [-0.2, -0.15) is 0 Å². The van der Waals surface area contributed by atoms with Crippen molar-refractivity contribution in [2.45, 2.75) is 51.6 Å². The molecular weight excluding hydrogens is 341 g/mol. The van der Waals surface area contributed by atoms with E-state index >= 15 is 0 Å². The van der Waals surface area contributed by atoms with E-state index in [2.05, 4.69) is 24.1 Å². The van der Waals surface area contributed by atoms with Crippen LogP contribution in [0.5, 0.6) is 0 Å². The van der Waals surface area contributed by atoms with Gasteiger partial charge in [0, 0.05) is 29.0 Å². The number of hydrogen-bond donors (Lipinski definition) is 2. The van der Waals surface area contributed by atoms with Crippen LogP contribution in [0.2, 0.25) is 0 Å². The number of carbonyl (C=O) groups excluding carboxylic acids is 1. The van der Waals surface area contributed by atoms with Crippen LogP contribution in [0, 0.1) is 11.7 Å². The van der Waals surface area contributed by atoms with Gasteiger partial charge in [-0.25, -0.2) is 4.39 Å². The Balaban J connectivity index is 1.61. The average Bonchev–Trinajstić information content (AvgIpc) is 3.28. The van der Waals surface area contributed by atoms with E-state index in [1.165, 1.54) is 6.07 Å². The van der Waals surface area contributed by atoms with E-state index in [-0.39, 0.29) is 23.8 Å². The molecule has 1 aromatic carbocycles. The third-order valence-electron chi connectivity index (χ3n) is 5.47. The van der Waals surface area contributed by atoms with Gasteiger partial charge in [0.05, 0.1) is 6.04 Å². The van der Waals surface area contributed by atoms with E-state index < -0.39 is 0 Å². The quantitative estimate of drug-likeness (QED) is 0.663. The van der Waals surface area contributed by atoms with Gasteiger partial charge < -0.3 is 14.9 Å². The van der Waals surface area contributed by atoms with Crippen LogP contribution < -0.4 is 5.32 Å². The van der Waals surface area contributed by atoms with Gasteiger partial charge in [0.25, 0.3) is 0 Å². The Morgan fingerprint density at radius 2 is 2.11 bits per heavy atom. The summed E-state index contributed by atoms with van der Waals surface area (Å²) in [5.74, 6) is 0.240. The zero-order valence-electron chi connectivity index (χ0n) is 15.8. The fraction of sp³-hybridized carbons (Fsp3) is 0.409. The molecule has 0 fully saturated rings. The summed E-state index contributed by atoms with van der Waals surface area (Å²) in [6, 6.07) is 8.48. The molecule has 0 aliphatic heterocycles. The number of aromatic nitrogens is 2. The first-order chi connectivity index (χ1) is 13.0. The molecule has 1 aliphatic carbocycles. The van der Waals surface area contributed by atoms with Crippen molar-refractivity contribution in [3.8, 4) is 0 Å². The van der Waals surface area contributed by atoms with Gasteiger partial charge in [-0.15, -0.1) is 0 Å². The van der Waals surface area contributed by atoms with Crippen molar-refractivity contribution in [1.29, 1.82) is 0 Å². The summed E-state index contributed by atoms with van der Waals surface area (Å²) in [5.41, 5.74) is 3.11. The van der Waals surface area contributed by atoms with Gasteiger partial charge in [0.2, 0.25) is 5.91 Å². The molecule has 1 aliphatic rings. The number of hydrogen-bond acceptors (Lipinski definition) is 1. The number of halogens is 1. The molecule has 1 unspecified atom stereocenters. The molecule has 5 heteroatoms. The monoisotopic (exact) mass is 367 g/mol. The van der Waals surface area contributed by atoms with Crippen molar-refractivity contribution in [3.63, 3.8) is 0 Å². The summed E-state index contributed by atoms with van der Waals surface area (Å²) in [7, 11) is 0. The van der Waals surface area contributed by atoms with E-state index in [0.29, 0.717) is 5.92 Å². The van der Waals surface area contributed by atoms with E-state index in [9.17, 15) is 9.18 Å². The summed E-state index contributed by atoms with van der Waals surface area (Å²) in [5, 5.41) is 4.20. The topological polar surface area (TPSA) is 49.8 Å². The normalized spacial score (nSPS) is 17.9. The molecule has 4 nitrogen and oxygen atoms in total. The van der Waals surface area contributed by atoms with Gasteiger partial charge in [0.15, 0.2) is 0 Å². The number of rotatable bonds is 5. The minimum atomic E-state index is -0.222. The highest BCUT2D eigenvalue weighted by molar-refractivity contribution is 5.86. The molecule has 2 N–H and O–H groups in total. The van der Waals surface area contributed by atoms with Gasteiger partial charge in [-0.3, -0.25) is 4.79 Å². The Hall–Kier alpha value is -2.56. The summed E-state index contributed by atoms with van der Waals surface area (Å²) < 4.78 is 15.7. The number of aromatic amines is 1.